The standard InChI is InChI=1S/C14H16N4O5/c1-2-23-12-5-3-4-10(8-12)15-16-13-7-6-11(17(19)20)9-14(13)18(21)22/h6-9,16H,2-5H2,1H3/b15-10-. The molecule has 1 aromatic rings. The Kier molecular flexibility index (Phi) is 5.23. The number of hydrazone groups is 1. The monoisotopic (exact) mass is 320 g/mol. The molecule has 9 heteroatoms. The average molecular weight is 320 g/mol. The molecule has 1 N–H and O–H groups in total. The molecule has 2 rings (SSSR count). The zero-order valence-corrected chi connectivity index (χ0v) is 12.5. The second-order valence-corrected chi connectivity index (χ2v) is 4.83. The minimum Gasteiger partial charge on any atom is -0.498 e. The molecule has 23 heavy (non-hydrogen) atoms. The van der Waals surface area contributed by atoms with Crippen LogP contribution in [0.25, 0.3) is 0 Å². The molecule has 0 amide bonds. The van der Waals surface area contributed by atoms with Gasteiger partial charge in [-0.25, -0.2) is 0 Å². The minimum absolute atomic E-state index is 0.102. The number of ether oxygens (including phenoxy) is 1. The maximum Gasteiger partial charge on any atom is 0.301 e. The second kappa shape index (κ2) is 7.34. The molecule has 0 unspecified atom stereocenters. The van der Waals surface area contributed by atoms with E-state index in [9.17, 15) is 20.2 Å². The molecule has 0 saturated carbocycles. The van der Waals surface area contributed by atoms with Gasteiger partial charge in [0.1, 0.15) is 5.69 Å². The largest absolute Gasteiger partial charge is 0.498 e. The van der Waals surface area contributed by atoms with E-state index in [1.165, 1.54) is 12.1 Å². The topological polar surface area (TPSA) is 120 Å². The molecule has 1 aliphatic carbocycles. The Labute approximate surface area is 131 Å². The van der Waals surface area contributed by atoms with Crippen molar-refractivity contribution < 1.29 is 14.6 Å². The lowest BCUT2D eigenvalue weighted by molar-refractivity contribution is -0.393. The molecule has 0 spiro atoms. The van der Waals surface area contributed by atoms with E-state index in [4.69, 9.17) is 4.74 Å². The molecule has 0 bridgehead atoms. The molecule has 0 radical (unpaired) electrons. The molecule has 0 saturated heterocycles. The Hall–Kier alpha value is -2.97. The van der Waals surface area contributed by atoms with Gasteiger partial charge >= 0.3 is 5.69 Å². The lowest BCUT2D eigenvalue weighted by atomic mass is 10.0. The van der Waals surface area contributed by atoms with E-state index < -0.39 is 15.5 Å². The van der Waals surface area contributed by atoms with E-state index in [0.29, 0.717) is 12.3 Å². The zero-order valence-electron chi connectivity index (χ0n) is 12.5. The highest BCUT2D eigenvalue weighted by molar-refractivity contribution is 5.96. The van der Waals surface area contributed by atoms with Crippen LogP contribution in [-0.4, -0.2) is 22.2 Å². The maximum absolute atomic E-state index is 11.0. The smallest absolute Gasteiger partial charge is 0.301 e. The molecule has 0 aliphatic heterocycles. The van der Waals surface area contributed by atoms with E-state index in [0.717, 1.165) is 31.1 Å². The van der Waals surface area contributed by atoms with Crippen molar-refractivity contribution in [1.82, 2.24) is 0 Å². The summed E-state index contributed by atoms with van der Waals surface area (Å²) < 4.78 is 5.44. The highest BCUT2D eigenvalue weighted by Gasteiger charge is 2.19. The van der Waals surface area contributed by atoms with Gasteiger partial charge in [0.05, 0.1) is 34.0 Å². The van der Waals surface area contributed by atoms with E-state index >= 15 is 0 Å². The highest BCUT2D eigenvalue weighted by atomic mass is 16.6. The highest BCUT2D eigenvalue weighted by Crippen LogP contribution is 2.29. The average Bonchev–Trinajstić information content (AvgIpc) is 2.53. The number of non-ortho nitro benzene ring substituents is 1. The predicted octanol–water partition coefficient (Wildman–Crippen LogP) is 3.38. The van der Waals surface area contributed by atoms with Crippen molar-refractivity contribution in [3.05, 3.63) is 50.3 Å². The summed E-state index contributed by atoms with van der Waals surface area (Å²) in [7, 11) is 0. The summed E-state index contributed by atoms with van der Waals surface area (Å²) in [4.78, 5) is 20.4. The molecule has 122 valence electrons. The molecule has 0 atom stereocenters. The van der Waals surface area contributed by atoms with Crippen molar-refractivity contribution in [2.24, 2.45) is 5.10 Å². The third-order valence-corrected chi connectivity index (χ3v) is 3.22. The van der Waals surface area contributed by atoms with E-state index in [-0.39, 0.29) is 11.4 Å². The summed E-state index contributed by atoms with van der Waals surface area (Å²) in [6.45, 7) is 2.46. The lowest BCUT2D eigenvalue weighted by Crippen LogP contribution is -2.08. The molecule has 0 aromatic heterocycles. The Bertz CT molecular complexity index is 684. The molecule has 1 aliphatic rings. The molecule has 0 heterocycles. The summed E-state index contributed by atoms with van der Waals surface area (Å²) in [5.41, 5.74) is 2.70. The number of nitrogens with zero attached hydrogens (tertiary/aromatic N) is 3. The second-order valence-electron chi connectivity index (χ2n) is 4.83. The van der Waals surface area contributed by atoms with E-state index in [1.54, 1.807) is 6.08 Å². The van der Waals surface area contributed by atoms with Gasteiger partial charge in [-0.3, -0.25) is 25.7 Å². The number of benzene rings is 1. The van der Waals surface area contributed by atoms with Crippen LogP contribution < -0.4 is 5.43 Å². The van der Waals surface area contributed by atoms with E-state index in [1.807, 2.05) is 6.92 Å². The fraction of sp³-hybridized carbons (Fsp3) is 0.357. The molecule has 1 aromatic carbocycles. The fourth-order valence-electron chi connectivity index (χ4n) is 2.17. The van der Waals surface area contributed by atoms with Crippen LogP contribution in [0.1, 0.15) is 26.2 Å². The Morgan fingerprint density at radius 3 is 2.70 bits per heavy atom. The molecular weight excluding hydrogens is 304 g/mol. The van der Waals surface area contributed by atoms with Gasteiger partial charge in [-0.05, 0) is 31.9 Å². The van der Waals surface area contributed by atoms with Gasteiger partial charge in [0.15, 0.2) is 0 Å². The van der Waals surface area contributed by atoms with Crippen LogP contribution in [0.5, 0.6) is 0 Å². The quantitative estimate of drug-likeness (QED) is 0.633. The predicted molar refractivity (Wildman–Crippen MR) is 84.4 cm³/mol. The van der Waals surface area contributed by atoms with Crippen LogP contribution in [0.4, 0.5) is 17.1 Å². The van der Waals surface area contributed by atoms with Gasteiger partial charge in [-0.2, -0.15) is 5.10 Å². The third kappa shape index (κ3) is 4.25. The summed E-state index contributed by atoms with van der Waals surface area (Å²) >= 11 is 0. The van der Waals surface area contributed by atoms with Crippen molar-refractivity contribution in [3.63, 3.8) is 0 Å². The lowest BCUT2D eigenvalue weighted by Gasteiger charge is -2.14. The van der Waals surface area contributed by atoms with Gasteiger partial charge in [0, 0.05) is 12.5 Å². The summed E-state index contributed by atoms with van der Waals surface area (Å²) in [6, 6.07) is 3.37. The van der Waals surface area contributed by atoms with Crippen molar-refractivity contribution in [3.8, 4) is 0 Å². The van der Waals surface area contributed by atoms with Gasteiger partial charge in [-0.1, -0.05) is 0 Å². The Morgan fingerprint density at radius 2 is 2.04 bits per heavy atom. The van der Waals surface area contributed by atoms with Crippen LogP contribution in [0, 0.1) is 20.2 Å². The number of anilines is 1. The zero-order chi connectivity index (χ0) is 16.8. The number of nitrogens with one attached hydrogen (secondary N) is 1. The van der Waals surface area contributed by atoms with Crippen LogP contribution >= 0.6 is 0 Å². The first-order valence-corrected chi connectivity index (χ1v) is 7.10. The Balaban J connectivity index is 2.22. The van der Waals surface area contributed by atoms with Crippen LogP contribution in [0.2, 0.25) is 0 Å². The Morgan fingerprint density at radius 1 is 1.26 bits per heavy atom. The van der Waals surface area contributed by atoms with Crippen LogP contribution in [-0.2, 0) is 4.74 Å². The number of allylic oxidation sites excluding steroid dienone is 2. The van der Waals surface area contributed by atoms with Crippen molar-refractivity contribution in [2.75, 3.05) is 12.0 Å². The van der Waals surface area contributed by atoms with Gasteiger partial charge < -0.3 is 4.74 Å². The van der Waals surface area contributed by atoms with Gasteiger partial charge in [0.25, 0.3) is 5.69 Å². The molecule has 9 nitrogen and oxygen atoms in total. The summed E-state index contributed by atoms with van der Waals surface area (Å²) in [5, 5.41) is 25.9. The van der Waals surface area contributed by atoms with Crippen molar-refractivity contribution in [2.45, 2.75) is 26.2 Å². The third-order valence-electron chi connectivity index (χ3n) is 3.22. The number of rotatable bonds is 6. The van der Waals surface area contributed by atoms with Gasteiger partial charge in [0.2, 0.25) is 0 Å². The number of nitro benzene ring substituents is 2. The van der Waals surface area contributed by atoms with Crippen molar-refractivity contribution in [1.29, 1.82) is 0 Å². The van der Waals surface area contributed by atoms with Gasteiger partial charge in [-0.15, -0.1) is 0 Å². The van der Waals surface area contributed by atoms with E-state index in [2.05, 4.69) is 10.5 Å². The first kappa shape index (κ1) is 16.4. The molecular formula is C14H16N4O5. The summed E-state index contributed by atoms with van der Waals surface area (Å²) in [5.74, 6) is 0.831. The first-order chi connectivity index (χ1) is 11.0. The first-order valence-electron chi connectivity index (χ1n) is 7.10. The number of hydrogen-bond donors (Lipinski definition) is 1. The fourth-order valence-corrected chi connectivity index (χ4v) is 2.17. The maximum atomic E-state index is 11.0. The SMILES string of the molecule is CCOC1=C/C(=N\Nc2ccc([N+](=O)[O-])cc2[N+](=O)[O-])CCC1. The normalized spacial score (nSPS) is 15.9. The van der Waals surface area contributed by atoms with Crippen LogP contribution in [0.3, 0.4) is 0 Å². The summed E-state index contributed by atoms with van der Waals surface area (Å²) in [6.07, 6.45) is 4.25. The van der Waals surface area contributed by atoms with Crippen LogP contribution in [0.15, 0.2) is 35.1 Å². The molecule has 0 fully saturated rings. The number of nitro groups is 2. The van der Waals surface area contributed by atoms with Crippen molar-refractivity contribution >= 4 is 22.8 Å². The minimum atomic E-state index is -0.683. The number of hydrogen-bond acceptors (Lipinski definition) is 7.